The Balaban J connectivity index is 0. The summed E-state index contributed by atoms with van der Waals surface area (Å²) in [6, 6.07) is 6.06. The molecule has 0 saturated carbocycles. The Morgan fingerprint density at radius 1 is 1.22 bits per heavy atom. The highest BCUT2D eigenvalue weighted by molar-refractivity contribution is 9.10. The molecule has 6 heteroatoms. The minimum Gasteiger partial charge on any atom is -0.496 e. The van der Waals surface area contributed by atoms with E-state index in [1.165, 1.54) is 5.56 Å². The van der Waals surface area contributed by atoms with Crippen LogP contribution in [0.4, 0.5) is 0 Å². The van der Waals surface area contributed by atoms with Crippen molar-refractivity contribution in [2.24, 2.45) is 0 Å². The molecule has 0 atom stereocenters. The van der Waals surface area contributed by atoms with Crippen molar-refractivity contribution in [1.29, 1.82) is 0 Å². The highest BCUT2D eigenvalue weighted by atomic mass is 79.9. The molecule has 1 rings (SSSR count). The second-order valence-electron chi connectivity index (χ2n) is 3.59. The van der Waals surface area contributed by atoms with Crippen molar-refractivity contribution in [1.82, 2.24) is 10.6 Å². The molecule has 0 aliphatic rings. The maximum absolute atomic E-state index is 5.31. The van der Waals surface area contributed by atoms with E-state index in [1.807, 2.05) is 19.2 Å². The lowest BCUT2D eigenvalue weighted by Gasteiger charge is -2.10. The number of halogens is 3. The van der Waals surface area contributed by atoms with Gasteiger partial charge in [-0.1, -0.05) is 15.9 Å². The smallest absolute Gasteiger partial charge is 0.123 e. The molecule has 0 fully saturated rings. The minimum atomic E-state index is 0. The van der Waals surface area contributed by atoms with Crippen LogP contribution in [0, 0.1) is 0 Å². The number of hydrogen-bond donors (Lipinski definition) is 2. The van der Waals surface area contributed by atoms with E-state index >= 15 is 0 Å². The zero-order valence-electron chi connectivity index (χ0n) is 10.7. The maximum Gasteiger partial charge on any atom is 0.123 e. The van der Waals surface area contributed by atoms with Gasteiger partial charge in [-0.3, -0.25) is 0 Å². The van der Waals surface area contributed by atoms with Crippen LogP contribution >= 0.6 is 40.7 Å². The third-order valence-electron chi connectivity index (χ3n) is 2.34. The third kappa shape index (κ3) is 7.44. The van der Waals surface area contributed by atoms with E-state index in [-0.39, 0.29) is 24.8 Å². The molecular formula is C12H21BrCl2N2O. The Hall–Kier alpha value is -0.000000000000000111. The van der Waals surface area contributed by atoms with Crippen molar-refractivity contribution in [3.05, 3.63) is 28.2 Å². The quantitative estimate of drug-likeness (QED) is 0.734. The number of methoxy groups -OCH3 is 1. The summed E-state index contributed by atoms with van der Waals surface area (Å²) in [6.07, 6.45) is 1.13. The van der Waals surface area contributed by atoms with Crippen molar-refractivity contribution in [3.8, 4) is 5.75 Å². The fourth-order valence-electron chi connectivity index (χ4n) is 1.50. The first-order valence-corrected chi connectivity index (χ1v) is 6.25. The van der Waals surface area contributed by atoms with Gasteiger partial charge in [0.2, 0.25) is 0 Å². The van der Waals surface area contributed by atoms with Crippen LogP contribution in [0.5, 0.6) is 5.75 Å². The van der Waals surface area contributed by atoms with Gasteiger partial charge in [0.25, 0.3) is 0 Å². The van der Waals surface area contributed by atoms with Crippen LogP contribution in [-0.2, 0) is 6.54 Å². The van der Waals surface area contributed by atoms with Crippen LogP contribution in [0.2, 0.25) is 0 Å². The molecule has 0 saturated heterocycles. The van der Waals surface area contributed by atoms with Crippen molar-refractivity contribution in [2.75, 3.05) is 27.2 Å². The molecule has 106 valence electrons. The fourth-order valence-corrected chi connectivity index (χ4v) is 1.91. The summed E-state index contributed by atoms with van der Waals surface area (Å²) in [6.45, 7) is 2.89. The Labute approximate surface area is 130 Å². The summed E-state index contributed by atoms with van der Waals surface area (Å²) >= 11 is 3.47. The molecule has 0 amide bonds. The zero-order valence-corrected chi connectivity index (χ0v) is 13.9. The first-order chi connectivity index (χ1) is 7.77. The monoisotopic (exact) mass is 358 g/mol. The summed E-state index contributed by atoms with van der Waals surface area (Å²) in [5.74, 6) is 0.935. The van der Waals surface area contributed by atoms with E-state index in [9.17, 15) is 0 Å². The molecule has 2 N–H and O–H groups in total. The Morgan fingerprint density at radius 2 is 1.94 bits per heavy atom. The molecule has 0 heterocycles. The number of ether oxygens (including phenoxy) is 1. The van der Waals surface area contributed by atoms with E-state index in [1.54, 1.807) is 7.11 Å². The molecule has 0 radical (unpaired) electrons. The van der Waals surface area contributed by atoms with Gasteiger partial charge in [0.05, 0.1) is 7.11 Å². The maximum atomic E-state index is 5.31. The van der Waals surface area contributed by atoms with Gasteiger partial charge in [-0.25, -0.2) is 0 Å². The molecule has 1 aromatic carbocycles. The summed E-state index contributed by atoms with van der Waals surface area (Å²) in [4.78, 5) is 0. The van der Waals surface area contributed by atoms with Gasteiger partial charge in [-0.05, 0) is 44.8 Å². The van der Waals surface area contributed by atoms with Crippen LogP contribution in [0.25, 0.3) is 0 Å². The van der Waals surface area contributed by atoms with Gasteiger partial charge in [-0.15, -0.1) is 24.8 Å². The lowest BCUT2D eigenvalue weighted by molar-refractivity contribution is 0.407. The minimum absolute atomic E-state index is 0. The molecule has 0 aromatic heterocycles. The van der Waals surface area contributed by atoms with Gasteiger partial charge in [0.1, 0.15) is 5.75 Å². The van der Waals surface area contributed by atoms with Gasteiger partial charge < -0.3 is 15.4 Å². The number of rotatable bonds is 7. The lowest BCUT2D eigenvalue weighted by atomic mass is 10.2. The Morgan fingerprint density at radius 3 is 2.56 bits per heavy atom. The van der Waals surface area contributed by atoms with Crippen LogP contribution in [0.15, 0.2) is 22.7 Å². The summed E-state index contributed by atoms with van der Waals surface area (Å²) in [5, 5.41) is 6.52. The molecule has 0 bridgehead atoms. The normalized spacial score (nSPS) is 9.28. The summed E-state index contributed by atoms with van der Waals surface area (Å²) < 4.78 is 6.39. The van der Waals surface area contributed by atoms with Crippen molar-refractivity contribution in [3.63, 3.8) is 0 Å². The van der Waals surface area contributed by atoms with Crippen LogP contribution in [0.3, 0.4) is 0 Å². The van der Waals surface area contributed by atoms with Gasteiger partial charge in [0.15, 0.2) is 0 Å². The van der Waals surface area contributed by atoms with E-state index in [0.717, 1.165) is 36.3 Å². The first kappa shape index (κ1) is 20.3. The average molecular weight is 360 g/mol. The number of nitrogens with one attached hydrogen (secondary N) is 2. The third-order valence-corrected chi connectivity index (χ3v) is 2.83. The standard InChI is InChI=1S/C12H19BrN2O.2ClH/c1-14-6-3-7-15-9-10-8-11(13)4-5-12(10)16-2;;/h4-5,8,14-15H,3,6-7,9H2,1-2H3;2*1H. The molecule has 0 spiro atoms. The van der Waals surface area contributed by atoms with Gasteiger partial charge in [-0.2, -0.15) is 0 Å². The molecule has 0 aliphatic heterocycles. The predicted molar refractivity (Wildman–Crippen MR) is 85.4 cm³/mol. The van der Waals surface area contributed by atoms with Crippen LogP contribution in [-0.4, -0.2) is 27.2 Å². The molecule has 3 nitrogen and oxygen atoms in total. The molecule has 1 aromatic rings. The Bertz CT molecular complexity index is 327. The second-order valence-corrected chi connectivity index (χ2v) is 4.51. The molecular weight excluding hydrogens is 339 g/mol. The molecule has 0 aliphatic carbocycles. The van der Waals surface area contributed by atoms with Crippen molar-refractivity contribution < 1.29 is 4.74 Å². The molecule has 18 heavy (non-hydrogen) atoms. The number of hydrogen-bond acceptors (Lipinski definition) is 3. The highest BCUT2D eigenvalue weighted by Crippen LogP contribution is 2.22. The highest BCUT2D eigenvalue weighted by Gasteiger charge is 2.02. The average Bonchev–Trinajstić information content (AvgIpc) is 2.29. The van der Waals surface area contributed by atoms with Crippen molar-refractivity contribution >= 4 is 40.7 Å². The zero-order chi connectivity index (χ0) is 11.8. The van der Waals surface area contributed by atoms with Crippen LogP contribution < -0.4 is 15.4 Å². The van der Waals surface area contributed by atoms with E-state index < -0.39 is 0 Å². The second kappa shape index (κ2) is 12.1. The SMILES string of the molecule is CNCCCNCc1cc(Br)ccc1OC.Cl.Cl. The first-order valence-electron chi connectivity index (χ1n) is 5.45. The largest absolute Gasteiger partial charge is 0.496 e. The van der Waals surface area contributed by atoms with Gasteiger partial charge in [0, 0.05) is 16.6 Å². The Kier molecular flexibility index (Phi) is 13.6. The van der Waals surface area contributed by atoms with Crippen LogP contribution in [0.1, 0.15) is 12.0 Å². The lowest BCUT2D eigenvalue weighted by Crippen LogP contribution is -2.19. The topological polar surface area (TPSA) is 33.3 Å². The summed E-state index contributed by atoms with van der Waals surface area (Å²) in [5.41, 5.74) is 1.18. The fraction of sp³-hybridized carbons (Fsp3) is 0.500. The summed E-state index contributed by atoms with van der Waals surface area (Å²) in [7, 11) is 3.67. The van der Waals surface area contributed by atoms with E-state index in [2.05, 4.69) is 32.6 Å². The van der Waals surface area contributed by atoms with Crippen molar-refractivity contribution in [2.45, 2.75) is 13.0 Å². The predicted octanol–water partition coefficient (Wildman–Crippen LogP) is 3.00. The van der Waals surface area contributed by atoms with E-state index in [4.69, 9.17) is 4.74 Å². The van der Waals surface area contributed by atoms with E-state index in [0.29, 0.717) is 0 Å². The van der Waals surface area contributed by atoms with Gasteiger partial charge >= 0.3 is 0 Å². The number of benzene rings is 1. The molecule has 0 unspecified atom stereocenters.